The van der Waals surface area contributed by atoms with Crippen molar-refractivity contribution in [2.24, 2.45) is 0 Å². The number of nitrogens with one attached hydrogen (secondary N) is 1. The molecule has 1 heterocycles. The Morgan fingerprint density at radius 3 is 2.93 bits per heavy atom. The predicted octanol–water partition coefficient (Wildman–Crippen LogP) is 2.43. The van der Waals surface area contributed by atoms with Gasteiger partial charge in [0.15, 0.2) is 0 Å². The van der Waals surface area contributed by atoms with Crippen molar-refractivity contribution < 1.29 is 4.74 Å². The predicted molar refractivity (Wildman–Crippen MR) is 61.1 cm³/mol. The first-order chi connectivity index (χ1) is 7.38. The maximum atomic E-state index is 5.76. The molecule has 1 saturated carbocycles. The molecule has 1 aliphatic rings. The minimum absolute atomic E-state index is 0.455. The molecule has 15 heavy (non-hydrogen) atoms. The summed E-state index contributed by atoms with van der Waals surface area (Å²) >= 11 is 1.58. The lowest BCUT2D eigenvalue weighted by molar-refractivity contribution is 0.0453. The zero-order valence-corrected chi connectivity index (χ0v) is 9.85. The van der Waals surface area contributed by atoms with E-state index in [1.54, 1.807) is 11.3 Å². The molecule has 1 aromatic heterocycles. The van der Waals surface area contributed by atoms with Crippen molar-refractivity contribution in [3.05, 3.63) is 5.01 Å². The molecule has 1 aliphatic carbocycles. The molecular formula is C10H17N3OS. The Morgan fingerprint density at radius 2 is 2.20 bits per heavy atom. The van der Waals surface area contributed by atoms with Crippen LogP contribution < -0.4 is 5.32 Å². The zero-order chi connectivity index (χ0) is 10.5. The Kier molecular flexibility index (Phi) is 3.91. The van der Waals surface area contributed by atoms with Gasteiger partial charge in [-0.15, -0.1) is 10.2 Å². The van der Waals surface area contributed by atoms with Gasteiger partial charge in [-0.3, -0.25) is 0 Å². The molecule has 0 aliphatic heterocycles. The van der Waals surface area contributed by atoms with E-state index in [0.29, 0.717) is 12.7 Å². The fourth-order valence-corrected chi connectivity index (χ4v) is 2.51. The van der Waals surface area contributed by atoms with Gasteiger partial charge in [-0.05, 0) is 19.8 Å². The van der Waals surface area contributed by atoms with Crippen molar-refractivity contribution in [2.75, 3.05) is 11.9 Å². The fraction of sp³-hybridized carbons (Fsp3) is 0.800. The maximum absolute atomic E-state index is 5.76. The van der Waals surface area contributed by atoms with Gasteiger partial charge < -0.3 is 10.1 Å². The Hall–Kier alpha value is -0.680. The largest absolute Gasteiger partial charge is 0.371 e. The highest BCUT2D eigenvalue weighted by molar-refractivity contribution is 7.15. The van der Waals surface area contributed by atoms with Crippen LogP contribution in [-0.4, -0.2) is 22.8 Å². The number of rotatable bonds is 5. The van der Waals surface area contributed by atoms with E-state index in [9.17, 15) is 0 Å². The van der Waals surface area contributed by atoms with Crippen molar-refractivity contribution in [3.8, 4) is 0 Å². The van der Waals surface area contributed by atoms with Crippen molar-refractivity contribution >= 4 is 16.5 Å². The van der Waals surface area contributed by atoms with E-state index in [0.717, 1.165) is 16.7 Å². The smallest absolute Gasteiger partial charge is 0.205 e. The van der Waals surface area contributed by atoms with Gasteiger partial charge in [0.1, 0.15) is 11.6 Å². The highest BCUT2D eigenvalue weighted by atomic mass is 32.1. The number of aromatic nitrogens is 2. The summed E-state index contributed by atoms with van der Waals surface area (Å²) in [5.41, 5.74) is 0. The summed E-state index contributed by atoms with van der Waals surface area (Å²) in [5.74, 6) is 0. The van der Waals surface area contributed by atoms with E-state index in [2.05, 4.69) is 22.4 Å². The number of anilines is 1. The third kappa shape index (κ3) is 3.14. The van der Waals surface area contributed by atoms with Crippen LogP contribution in [0.1, 0.15) is 37.6 Å². The van der Waals surface area contributed by atoms with E-state index in [1.807, 2.05) is 0 Å². The third-order valence-corrected chi connectivity index (χ3v) is 3.39. The molecule has 1 N–H and O–H groups in total. The minimum atomic E-state index is 0.455. The highest BCUT2D eigenvalue weighted by Gasteiger charge is 2.16. The third-order valence-electron chi connectivity index (χ3n) is 2.54. The Labute approximate surface area is 94.1 Å². The summed E-state index contributed by atoms with van der Waals surface area (Å²) in [5, 5.41) is 13.1. The van der Waals surface area contributed by atoms with Crippen LogP contribution in [0.2, 0.25) is 0 Å². The summed E-state index contributed by atoms with van der Waals surface area (Å²) in [6.07, 6.45) is 5.49. The van der Waals surface area contributed by atoms with Crippen molar-refractivity contribution in [1.29, 1.82) is 0 Å². The summed E-state index contributed by atoms with van der Waals surface area (Å²) in [6, 6.07) is 0. The molecule has 2 rings (SSSR count). The molecule has 0 aromatic carbocycles. The van der Waals surface area contributed by atoms with Crippen LogP contribution >= 0.6 is 11.3 Å². The van der Waals surface area contributed by atoms with Gasteiger partial charge in [0.05, 0.1) is 6.10 Å². The molecular weight excluding hydrogens is 210 g/mol. The molecule has 0 saturated heterocycles. The number of hydrogen-bond acceptors (Lipinski definition) is 5. The van der Waals surface area contributed by atoms with E-state index in [1.165, 1.54) is 25.7 Å². The monoisotopic (exact) mass is 227 g/mol. The topological polar surface area (TPSA) is 47.0 Å². The molecule has 84 valence electrons. The molecule has 0 amide bonds. The molecule has 0 atom stereocenters. The summed E-state index contributed by atoms with van der Waals surface area (Å²) in [4.78, 5) is 0. The number of ether oxygens (including phenoxy) is 1. The summed E-state index contributed by atoms with van der Waals surface area (Å²) < 4.78 is 5.76. The van der Waals surface area contributed by atoms with Gasteiger partial charge in [-0.1, -0.05) is 24.2 Å². The maximum Gasteiger partial charge on any atom is 0.205 e. The first-order valence-corrected chi connectivity index (χ1v) is 6.38. The van der Waals surface area contributed by atoms with Gasteiger partial charge >= 0.3 is 0 Å². The van der Waals surface area contributed by atoms with E-state index in [4.69, 9.17) is 4.74 Å². The fourth-order valence-electron chi connectivity index (χ4n) is 1.78. The molecule has 0 spiro atoms. The summed E-state index contributed by atoms with van der Waals surface area (Å²) in [6.45, 7) is 3.56. The van der Waals surface area contributed by atoms with Crippen molar-refractivity contribution in [3.63, 3.8) is 0 Å². The Balaban J connectivity index is 1.77. The number of hydrogen-bond donors (Lipinski definition) is 1. The lowest BCUT2D eigenvalue weighted by Gasteiger charge is -2.08. The van der Waals surface area contributed by atoms with Crippen molar-refractivity contribution in [2.45, 2.75) is 45.3 Å². The molecule has 5 heteroatoms. The van der Waals surface area contributed by atoms with Crippen LogP contribution in [0.4, 0.5) is 5.13 Å². The highest BCUT2D eigenvalue weighted by Crippen LogP contribution is 2.23. The standard InChI is InChI=1S/C10H17N3OS/c1-2-11-10-13-12-9(15-10)7-14-8-5-3-4-6-8/h8H,2-7H2,1H3,(H,11,13). The first-order valence-electron chi connectivity index (χ1n) is 5.56. The molecule has 0 unspecified atom stereocenters. The summed E-state index contributed by atoms with van der Waals surface area (Å²) in [7, 11) is 0. The zero-order valence-electron chi connectivity index (χ0n) is 9.03. The SMILES string of the molecule is CCNc1nnc(COC2CCCC2)s1. The molecule has 0 bridgehead atoms. The van der Waals surface area contributed by atoms with E-state index in [-0.39, 0.29) is 0 Å². The second-order valence-electron chi connectivity index (χ2n) is 3.75. The molecule has 0 radical (unpaired) electrons. The number of nitrogens with zero attached hydrogens (tertiary/aromatic N) is 2. The van der Waals surface area contributed by atoms with Crippen molar-refractivity contribution in [1.82, 2.24) is 10.2 Å². The molecule has 4 nitrogen and oxygen atoms in total. The van der Waals surface area contributed by atoms with Crippen LogP contribution in [0.15, 0.2) is 0 Å². The van der Waals surface area contributed by atoms with Crippen LogP contribution in [0, 0.1) is 0 Å². The Morgan fingerprint density at radius 1 is 1.40 bits per heavy atom. The van der Waals surface area contributed by atoms with Gasteiger partial charge in [0.2, 0.25) is 5.13 Å². The average molecular weight is 227 g/mol. The lowest BCUT2D eigenvalue weighted by Crippen LogP contribution is -2.06. The van der Waals surface area contributed by atoms with Gasteiger partial charge in [-0.25, -0.2) is 0 Å². The van der Waals surface area contributed by atoms with Crippen LogP contribution in [0.3, 0.4) is 0 Å². The van der Waals surface area contributed by atoms with Gasteiger partial charge in [0.25, 0.3) is 0 Å². The molecule has 1 aromatic rings. The van der Waals surface area contributed by atoms with Gasteiger partial charge in [0, 0.05) is 6.54 Å². The van der Waals surface area contributed by atoms with E-state index >= 15 is 0 Å². The molecule has 1 fully saturated rings. The van der Waals surface area contributed by atoms with Crippen LogP contribution in [0.5, 0.6) is 0 Å². The average Bonchev–Trinajstić information content (AvgIpc) is 2.85. The second kappa shape index (κ2) is 5.42. The van der Waals surface area contributed by atoms with Crippen LogP contribution in [-0.2, 0) is 11.3 Å². The minimum Gasteiger partial charge on any atom is -0.371 e. The normalized spacial score (nSPS) is 17.1. The van der Waals surface area contributed by atoms with Crippen LogP contribution in [0.25, 0.3) is 0 Å². The van der Waals surface area contributed by atoms with E-state index < -0.39 is 0 Å². The second-order valence-corrected chi connectivity index (χ2v) is 4.81. The first kappa shape index (κ1) is 10.8. The lowest BCUT2D eigenvalue weighted by atomic mass is 10.3. The van der Waals surface area contributed by atoms with Gasteiger partial charge in [-0.2, -0.15) is 0 Å². The Bertz CT molecular complexity index is 297. The quantitative estimate of drug-likeness (QED) is 0.839.